The third kappa shape index (κ3) is 2.56. The van der Waals surface area contributed by atoms with Crippen molar-refractivity contribution in [3.05, 3.63) is 17.7 Å². The summed E-state index contributed by atoms with van der Waals surface area (Å²) < 4.78 is 0. The van der Waals surface area contributed by atoms with Crippen molar-refractivity contribution in [1.29, 1.82) is 0 Å². The van der Waals surface area contributed by atoms with Crippen LogP contribution in [-0.2, 0) is 5.88 Å². The average Bonchev–Trinajstić information content (AvgIpc) is 2.67. The lowest BCUT2D eigenvalue weighted by Crippen LogP contribution is -2.31. The zero-order chi connectivity index (χ0) is 11.5. The van der Waals surface area contributed by atoms with Crippen LogP contribution in [-0.4, -0.2) is 53.5 Å². The van der Waals surface area contributed by atoms with Crippen LogP contribution in [0.4, 0.5) is 0 Å². The molecule has 1 aromatic heterocycles. The van der Waals surface area contributed by atoms with Crippen molar-refractivity contribution in [2.45, 2.75) is 18.3 Å². The van der Waals surface area contributed by atoms with Crippen LogP contribution in [0.1, 0.15) is 24.0 Å². The van der Waals surface area contributed by atoms with Gasteiger partial charge >= 0.3 is 0 Å². The highest BCUT2D eigenvalue weighted by atomic mass is 35.5. The molecule has 0 radical (unpaired) electrons. The number of rotatable bonds is 2. The van der Waals surface area contributed by atoms with E-state index in [1.165, 1.54) is 6.42 Å². The molecule has 4 nitrogen and oxygen atoms in total. The van der Waals surface area contributed by atoms with E-state index >= 15 is 0 Å². The van der Waals surface area contributed by atoms with Gasteiger partial charge in [-0.25, -0.2) is 4.98 Å². The van der Waals surface area contributed by atoms with E-state index in [-0.39, 0.29) is 0 Å². The molecule has 1 aromatic rings. The van der Waals surface area contributed by atoms with Crippen LogP contribution in [0.15, 0.2) is 6.20 Å². The van der Waals surface area contributed by atoms with Crippen molar-refractivity contribution in [2.24, 2.45) is 0 Å². The maximum absolute atomic E-state index is 5.78. The zero-order valence-corrected chi connectivity index (χ0v) is 10.7. The van der Waals surface area contributed by atoms with Crippen molar-refractivity contribution in [3.8, 4) is 0 Å². The standard InChI is InChI=1S/C11H19ClN4/c1-15-4-3-5-16(2)10(8-15)11-13-7-9(6-12)14-11/h7,10H,3-6,8H2,1-2H3,(H,13,14). The van der Waals surface area contributed by atoms with Crippen molar-refractivity contribution in [3.63, 3.8) is 0 Å². The molecule has 0 aliphatic carbocycles. The van der Waals surface area contributed by atoms with Gasteiger partial charge in [-0.1, -0.05) is 0 Å². The Kier molecular flexibility index (Phi) is 3.84. The predicted molar refractivity (Wildman–Crippen MR) is 65.6 cm³/mol. The lowest BCUT2D eigenvalue weighted by molar-refractivity contribution is 0.220. The molecule has 0 spiro atoms. The molecule has 1 aliphatic heterocycles. The molecular formula is C11H19ClN4. The van der Waals surface area contributed by atoms with Gasteiger partial charge in [0.1, 0.15) is 5.82 Å². The number of alkyl halides is 1. The molecule has 0 bridgehead atoms. The normalized spacial score (nSPS) is 24.6. The van der Waals surface area contributed by atoms with Gasteiger partial charge in [0.2, 0.25) is 0 Å². The molecule has 2 rings (SSSR count). The molecule has 5 heteroatoms. The summed E-state index contributed by atoms with van der Waals surface area (Å²) in [6, 6.07) is 0.351. The van der Waals surface area contributed by atoms with Gasteiger partial charge in [0, 0.05) is 18.4 Å². The smallest absolute Gasteiger partial charge is 0.125 e. The Balaban J connectivity index is 2.15. The van der Waals surface area contributed by atoms with Gasteiger partial charge in [-0.3, -0.25) is 4.90 Å². The summed E-state index contributed by atoms with van der Waals surface area (Å²) in [7, 11) is 4.32. The number of hydrogen-bond donors (Lipinski definition) is 1. The van der Waals surface area contributed by atoms with Gasteiger partial charge < -0.3 is 9.88 Å². The number of nitrogens with zero attached hydrogens (tertiary/aromatic N) is 3. The fraction of sp³-hybridized carbons (Fsp3) is 0.727. The summed E-state index contributed by atoms with van der Waals surface area (Å²) in [5.74, 6) is 1.53. The van der Waals surface area contributed by atoms with E-state index in [1.54, 1.807) is 0 Å². The highest BCUT2D eigenvalue weighted by molar-refractivity contribution is 6.16. The minimum absolute atomic E-state index is 0.351. The minimum atomic E-state index is 0.351. The predicted octanol–water partition coefficient (Wildman–Crippen LogP) is 1.46. The van der Waals surface area contributed by atoms with Crippen LogP contribution in [0.2, 0.25) is 0 Å². The Morgan fingerprint density at radius 3 is 3.00 bits per heavy atom. The molecule has 1 atom stereocenters. The first-order valence-corrected chi connectivity index (χ1v) is 6.22. The van der Waals surface area contributed by atoms with E-state index in [0.717, 1.165) is 31.2 Å². The second-order valence-electron chi connectivity index (χ2n) is 4.54. The first-order chi connectivity index (χ1) is 7.70. The molecule has 16 heavy (non-hydrogen) atoms. The van der Waals surface area contributed by atoms with Crippen molar-refractivity contribution in [1.82, 2.24) is 19.8 Å². The van der Waals surface area contributed by atoms with Crippen LogP contribution in [0, 0.1) is 0 Å². The molecule has 0 saturated carbocycles. The van der Waals surface area contributed by atoms with Crippen molar-refractivity contribution in [2.75, 3.05) is 33.7 Å². The zero-order valence-electron chi connectivity index (χ0n) is 9.91. The lowest BCUT2D eigenvalue weighted by atomic mass is 10.2. The Morgan fingerprint density at radius 1 is 1.50 bits per heavy atom. The van der Waals surface area contributed by atoms with Crippen molar-refractivity contribution < 1.29 is 0 Å². The number of halogens is 1. The Morgan fingerprint density at radius 2 is 2.31 bits per heavy atom. The van der Waals surface area contributed by atoms with Crippen LogP contribution < -0.4 is 0 Å². The molecule has 1 aliphatic rings. The lowest BCUT2D eigenvalue weighted by Gasteiger charge is -2.25. The molecule has 1 N–H and O–H groups in total. The Labute approximate surface area is 102 Å². The van der Waals surface area contributed by atoms with Crippen LogP contribution in [0.3, 0.4) is 0 Å². The van der Waals surface area contributed by atoms with E-state index in [9.17, 15) is 0 Å². The molecule has 1 unspecified atom stereocenters. The fourth-order valence-corrected chi connectivity index (χ4v) is 2.32. The van der Waals surface area contributed by atoms with E-state index in [1.807, 2.05) is 6.20 Å². The summed E-state index contributed by atoms with van der Waals surface area (Å²) in [5, 5.41) is 0. The fourth-order valence-electron chi connectivity index (χ4n) is 2.18. The second kappa shape index (κ2) is 5.17. The topological polar surface area (TPSA) is 35.2 Å². The number of likely N-dealkylation sites (N-methyl/N-ethyl adjacent to an activating group) is 2. The summed E-state index contributed by atoms with van der Waals surface area (Å²) in [5.41, 5.74) is 0.997. The molecule has 90 valence electrons. The SMILES string of the molecule is CN1CCCN(C)C(c2ncc(CCl)[nH]2)C1. The van der Waals surface area contributed by atoms with Gasteiger partial charge in [-0.15, -0.1) is 11.6 Å². The molecule has 1 fully saturated rings. The van der Waals surface area contributed by atoms with Crippen LogP contribution in [0.5, 0.6) is 0 Å². The van der Waals surface area contributed by atoms with E-state index in [2.05, 4.69) is 33.9 Å². The third-order valence-corrected chi connectivity index (χ3v) is 3.46. The largest absolute Gasteiger partial charge is 0.344 e. The molecule has 1 saturated heterocycles. The average molecular weight is 243 g/mol. The number of hydrogen-bond acceptors (Lipinski definition) is 3. The highest BCUT2D eigenvalue weighted by Gasteiger charge is 2.24. The maximum Gasteiger partial charge on any atom is 0.125 e. The molecule has 0 aromatic carbocycles. The number of imidazole rings is 1. The van der Waals surface area contributed by atoms with Crippen LogP contribution in [0.25, 0.3) is 0 Å². The first-order valence-electron chi connectivity index (χ1n) is 5.69. The quantitative estimate of drug-likeness (QED) is 0.798. The van der Waals surface area contributed by atoms with Gasteiger partial charge in [-0.2, -0.15) is 0 Å². The summed E-state index contributed by atoms with van der Waals surface area (Å²) in [4.78, 5) is 12.4. The first kappa shape index (κ1) is 11.9. The van der Waals surface area contributed by atoms with Gasteiger partial charge in [0.15, 0.2) is 0 Å². The third-order valence-electron chi connectivity index (χ3n) is 3.18. The van der Waals surface area contributed by atoms with Crippen LogP contribution >= 0.6 is 11.6 Å². The van der Waals surface area contributed by atoms with Gasteiger partial charge in [-0.05, 0) is 33.6 Å². The number of aromatic amines is 1. The van der Waals surface area contributed by atoms with Gasteiger partial charge in [0.25, 0.3) is 0 Å². The summed E-state index contributed by atoms with van der Waals surface area (Å²) in [6.45, 7) is 3.29. The van der Waals surface area contributed by atoms with E-state index in [0.29, 0.717) is 11.9 Å². The summed E-state index contributed by atoms with van der Waals surface area (Å²) >= 11 is 5.78. The highest BCUT2D eigenvalue weighted by Crippen LogP contribution is 2.20. The number of H-pyrrole nitrogens is 1. The maximum atomic E-state index is 5.78. The van der Waals surface area contributed by atoms with E-state index < -0.39 is 0 Å². The Bertz CT molecular complexity index is 338. The second-order valence-corrected chi connectivity index (χ2v) is 4.81. The summed E-state index contributed by atoms with van der Waals surface area (Å²) in [6.07, 6.45) is 3.05. The van der Waals surface area contributed by atoms with E-state index in [4.69, 9.17) is 11.6 Å². The molecule has 2 heterocycles. The molecular weight excluding hydrogens is 224 g/mol. The number of aromatic nitrogens is 2. The van der Waals surface area contributed by atoms with Crippen molar-refractivity contribution >= 4 is 11.6 Å². The van der Waals surface area contributed by atoms with Gasteiger partial charge in [0.05, 0.1) is 11.9 Å². The molecule has 0 amide bonds. The number of nitrogens with one attached hydrogen (secondary N) is 1. The minimum Gasteiger partial charge on any atom is -0.344 e. The Hall–Kier alpha value is -0.580. The monoisotopic (exact) mass is 242 g/mol.